The molecule has 1 aliphatic heterocycles. The first-order chi connectivity index (χ1) is 16.6. The van der Waals surface area contributed by atoms with Crippen LogP contribution in [0.5, 0.6) is 0 Å². The number of H-pyrrole nitrogens is 1. The van der Waals surface area contributed by atoms with Gasteiger partial charge in [0, 0.05) is 30.2 Å². The molecule has 0 radical (unpaired) electrons. The van der Waals surface area contributed by atoms with Gasteiger partial charge in [-0.2, -0.15) is 5.10 Å². The quantitative estimate of drug-likeness (QED) is 0.462. The number of carbonyl (C=O) groups is 1. The smallest absolute Gasteiger partial charge is 0.319 e. The number of nitrogens with one attached hydrogen (secondary N) is 3. The van der Waals surface area contributed by atoms with Crippen LogP contribution in [0.15, 0.2) is 48.7 Å². The molecule has 5 rings (SSSR count). The van der Waals surface area contributed by atoms with Gasteiger partial charge in [-0.1, -0.05) is 25.0 Å². The van der Waals surface area contributed by atoms with E-state index in [2.05, 4.69) is 25.7 Å². The number of likely N-dealkylation sites (tertiary alicyclic amines) is 1. The molecule has 0 bridgehead atoms. The standard InChI is InChI=1S/C27H34FN5O/c28-23-9-7-19(8-10-23)14-20-4-3-13-33(17-20)18-21-5-1-2-6-25(21)31-27(34)30-24-11-12-26-22(15-24)16-29-32-26/h7-12,15-16,20-21,25H,1-6,13-14,17-18H2,(H,29,32)(H2,30,31,34)/t20?,21-,25+/m0/s1. The summed E-state index contributed by atoms with van der Waals surface area (Å²) in [4.78, 5) is 15.4. The fraction of sp³-hybridized carbons (Fsp3) is 0.481. The molecule has 2 aliphatic rings. The Bertz CT molecular complexity index is 1100. The average Bonchev–Trinajstić information content (AvgIpc) is 3.30. The highest BCUT2D eigenvalue weighted by atomic mass is 19.1. The molecule has 1 saturated carbocycles. The number of amides is 2. The van der Waals surface area contributed by atoms with Gasteiger partial charge < -0.3 is 15.5 Å². The SMILES string of the molecule is O=C(Nc1ccc2[nH]ncc2c1)N[C@@H]1CCCC[C@H]1CN1CCCC(Cc2ccc(F)cc2)C1. The van der Waals surface area contributed by atoms with Crippen LogP contribution in [0, 0.1) is 17.7 Å². The van der Waals surface area contributed by atoms with Crippen molar-refractivity contribution in [1.82, 2.24) is 20.4 Å². The predicted molar refractivity (Wildman–Crippen MR) is 133 cm³/mol. The van der Waals surface area contributed by atoms with Crippen molar-refractivity contribution in [2.45, 2.75) is 51.0 Å². The maximum atomic E-state index is 13.2. The molecule has 6 nitrogen and oxygen atoms in total. The summed E-state index contributed by atoms with van der Waals surface area (Å²) >= 11 is 0. The molecule has 1 unspecified atom stereocenters. The summed E-state index contributed by atoms with van der Waals surface area (Å²) < 4.78 is 13.2. The predicted octanol–water partition coefficient (Wildman–Crippen LogP) is 5.34. The molecule has 1 saturated heterocycles. The van der Waals surface area contributed by atoms with E-state index in [1.165, 1.54) is 24.8 Å². The van der Waals surface area contributed by atoms with Gasteiger partial charge in [-0.05, 0) is 86.4 Å². The number of halogens is 1. The van der Waals surface area contributed by atoms with Crippen molar-refractivity contribution in [2.75, 3.05) is 25.0 Å². The number of fused-ring (bicyclic) bond motifs is 1. The van der Waals surface area contributed by atoms with Gasteiger partial charge in [0.1, 0.15) is 5.82 Å². The normalized spacial score (nSPS) is 23.6. The van der Waals surface area contributed by atoms with Crippen molar-refractivity contribution < 1.29 is 9.18 Å². The second-order valence-electron chi connectivity index (χ2n) is 10.0. The highest BCUT2D eigenvalue weighted by Crippen LogP contribution is 2.28. The number of urea groups is 1. The van der Waals surface area contributed by atoms with Crippen molar-refractivity contribution in [3.63, 3.8) is 0 Å². The van der Waals surface area contributed by atoms with Gasteiger partial charge in [-0.25, -0.2) is 9.18 Å². The number of benzene rings is 2. The molecule has 34 heavy (non-hydrogen) atoms. The fourth-order valence-electron chi connectivity index (χ4n) is 5.74. The molecule has 3 N–H and O–H groups in total. The molecule has 7 heteroatoms. The number of hydrogen-bond acceptors (Lipinski definition) is 3. The third-order valence-corrected chi connectivity index (χ3v) is 7.46. The lowest BCUT2D eigenvalue weighted by Gasteiger charge is -2.39. The van der Waals surface area contributed by atoms with Crippen molar-refractivity contribution in [3.05, 3.63) is 60.0 Å². The monoisotopic (exact) mass is 463 g/mol. The molecule has 2 amide bonds. The van der Waals surface area contributed by atoms with E-state index in [1.54, 1.807) is 18.3 Å². The van der Waals surface area contributed by atoms with E-state index in [-0.39, 0.29) is 17.9 Å². The maximum absolute atomic E-state index is 13.2. The molecule has 1 aromatic heterocycles. The van der Waals surface area contributed by atoms with E-state index in [9.17, 15) is 9.18 Å². The number of rotatable bonds is 6. The number of piperidine rings is 1. The second-order valence-corrected chi connectivity index (χ2v) is 10.0. The molecule has 3 atom stereocenters. The van der Waals surface area contributed by atoms with E-state index in [1.807, 2.05) is 30.3 Å². The van der Waals surface area contributed by atoms with E-state index in [4.69, 9.17) is 0 Å². The topological polar surface area (TPSA) is 73.0 Å². The average molecular weight is 464 g/mol. The molecule has 0 spiro atoms. The number of aromatic amines is 1. The van der Waals surface area contributed by atoms with Gasteiger partial charge >= 0.3 is 6.03 Å². The number of nitrogens with zero attached hydrogens (tertiary/aromatic N) is 2. The summed E-state index contributed by atoms with van der Waals surface area (Å²) in [5.41, 5.74) is 2.95. The van der Waals surface area contributed by atoms with Gasteiger partial charge in [-0.3, -0.25) is 5.10 Å². The van der Waals surface area contributed by atoms with Gasteiger partial charge in [0.15, 0.2) is 0 Å². The van der Waals surface area contributed by atoms with Gasteiger partial charge in [0.2, 0.25) is 0 Å². The molecule has 2 heterocycles. The third-order valence-electron chi connectivity index (χ3n) is 7.46. The lowest BCUT2D eigenvalue weighted by molar-refractivity contribution is 0.123. The Morgan fingerprint density at radius 2 is 1.94 bits per heavy atom. The molecule has 180 valence electrons. The van der Waals surface area contributed by atoms with Crippen LogP contribution in [0.25, 0.3) is 10.9 Å². The Hall–Kier alpha value is -2.93. The summed E-state index contributed by atoms with van der Waals surface area (Å²) in [7, 11) is 0. The highest BCUT2D eigenvalue weighted by molar-refractivity contribution is 5.92. The molecule has 1 aliphatic carbocycles. The van der Waals surface area contributed by atoms with Gasteiger partial charge in [0.25, 0.3) is 0 Å². The molecular formula is C27H34FN5O. The maximum Gasteiger partial charge on any atom is 0.319 e. The first-order valence-corrected chi connectivity index (χ1v) is 12.6. The number of carbonyl (C=O) groups excluding carboxylic acids is 1. The summed E-state index contributed by atoms with van der Waals surface area (Å²) in [5.74, 6) is 0.909. The van der Waals surface area contributed by atoms with Crippen molar-refractivity contribution in [3.8, 4) is 0 Å². The van der Waals surface area contributed by atoms with Crippen LogP contribution in [0.1, 0.15) is 44.1 Å². The van der Waals surface area contributed by atoms with Crippen molar-refractivity contribution >= 4 is 22.6 Å². The number of anilines is 1. The van der Waals surface area contributed by atoms with E-state index in [0.717, 1.165) is 61.9 Å². The zero-order valence-electron chi connectivity index (χ0n) is 19.6. The zero-order chi connectivity index (χ0) is 23.3. The van der Waals surface area contributed by atoms with Crippen LogP contribution in [-0.2, 0) is 6.42 Å². The lowest BCUT2D eigenvalue weighted by atomic mass is 9.83. The van der Waals surface area contributed by atoms with Crippen molar-refractivity contribution in [2.24, 2.45) is 11.8 Å². The second kappa shape index (κ2) is 10.6. The van der Waals surface area contributed by atoms with Crippen LogP contribution in [0.3, 0.4) is 0 Å². The minimum absolute atomic E-state index is 0.132. The third kappa shape index (κ3) is 5.76. The largest absolute Gasteiger partial charge is 0.335 e. The van der Waals surface area contributed by atoms with Crippen LogP contribution < -0.4 is 10.6 Å². The van der Waals surface area contributed by atoms with E-state index < -0.39 is 0 Å². The van der Waals surface area contributed by atoms with Crippen LogP contribution in [0.2, 0.25) is 0 Å². The summed E-state index contributed by atoms with van der Waals surface area (Å²) in [6.45, 7) is 3.24. The Morgan fingerprint density at radius 1 is 1.09 bits per heavy atom. The summed E-state index contributed by atoms with van der Waals surface area (Å²) in [6, 6.07) is 12.8. The minimum atomic E-state index is -0.170. The van der Waals surface area contributed by atoms with Gasteiger partial charge in [-0.15, -0.1) is 0 Å². The number of hydrogen-bond donors (Lipinski definition) is 3. The lowest BCUT2D eigenvalue weighted by Crippen LogP contribution is -2.49. The summed E-state index contributed by atoms with van der Waals surface area (Å²) in [5, 5.41) is 14.2. The van der Waals surface area contributed by atoms with Crippen LogP contribution in [0.4, 0.5) is 14.9 Å². The Morgan fingerprint density at radius 3 is 2.82 bits per heavy atom. The van der Waals surface area contributed by atoms with E-state index in [0.29, 0.717) is 11.8 Å². The van der Waals surface area contributed by atoms with E-state index >= 15 is 0 Å². The first-order valence-electron chi connectivity index (χ1n) is 12.6. The van der Waals surface area contributed by atoms with Gasteiger partial charge in [0.05, 0.1) is 11.7 Å². The zero-order valence-corrected chi connectivity index (χ0v) is 19.6. The Kier molecular flexibility index (Phi) is 7.09. The summed E-state index contributed by atoms with van der Waals surface area (Å²) in [6.07, 6.45) is 9.78. The van der Waals surface area contributed by atoms with Crippen LogP contribution >= 0.6 is 0 Å². The van der Waals surface area contributed by atoms with Crippen molar-refractivity contribution in [1.29, 1.82) is 0 Å². The molecule has 2 fully saturated rings. The Balaban J connectivity index is 1.15. The first kappa shape index (κ1) is 22.8. The molecule has 3 aromatic rings. The number of aromatic nitrogens is 2. The van der Waals surface area contributed by atoms with Crippen LogP contribution in [-0.4, -0.2) is 46.8 Å². The minimum Gasteiger partial charge on any atom is -0.335 e. The molecular weight excluding hydrogens is 429 g/mol. The fourth-order valence-corrected chi connectivity index (χ4v) is 5.74. The highest BCUT2D eigenvalue weighted by Gasteiger charge is 2.30. The Labute approximate surface area is 200 Å². The molecule has 2 aromatic carbocycles.